The smallest absolute Gasteiger partial charge is 0.302 e. The van der Waals surface area contributed by atoms with Gasteiger partial charge in [-0.3, -0.25) is 4.57 Å². The topological polar surface area (TPSA) is 26.3 Å². The number of benzene rings is 1. The molecule has 20 heavy (non-hydrogen) atoms. The monoisotopic (exact) mass is 298 g/mol. The second kappa shape index (κ2) is 7.95. The van der Waals surface area contributed by atoms with Crippen molar-refractivity contribution in [1.82, 2.24) is 0 Å². The van der Waals surface area contributed by atoms with E-state index in [0.29, 0.717) is 6.42 Å². The lowest BCUT2D eigenvalue weighted by molar-refractivity contribution is 0.146. The minimum atomic E-state index is -3.88. The van der Waals surface area contributed by atoms with E-state index in [-0.39, 0.29) is 12.3 Å². The van der Waals surface area contributed by atoms with E-state index in [1.807, 2.05) is 18.2 Å². The summed E-state index contributed by atoms with van der Waals surface area (Å²) in [6, 6.07) is 10.1. The molecule has 0 bridgehead atoms. The summed E-state index contributed by atoms with van der Waals surface area (Å²) in [5.41, 5.74) is 1.24. The van der Waals surface area contributed by atoms with Crippen molar-refractivity contribution in [2.75, 3.05) is 6.16 Å². The van der Waals surface area contributed by atoms with E-state index < -0.39 is 7.68 Å². The first-order valence-corrected chi connectivity index (χ1v) is 9.37. The van der Waals surface area contributed by atoms with Gasteiger partial charge in [-0.05, 0) is 37.7 Å². The average molecular weight is 298 g/mol. The Morgan fingerprint density at radius 3 is 2.50 bits per heavy atom. The van der Waals surface area contributed by atoms with Crippen molar-refractivity contribution in [3.05, 3.63) is 35.9 Å². The lowest BCUT2D eigenvalue weighted by atomic mass is 9.98. The van der Waals surface area contributed by atoms with Gasteiger partial charge in [0.05, 0.1) is 12.3 Å². The van der Waals surface area contributed by atoms with Gasteiger partial charge in [-0.1, -0.05) is 49.6 Å². The zero-order valence-corrected chi connectivity index (χ0v) is 12.9. The quantitative estimate of drug-likeness (QED) is 0.489. The summed E-state index contributed by atoms with van der Waals surface area (Å²) >= 11 is 0. The van der Waals surface area contributed by atoms with E-state index in [1.54, 1.807) is 0 Å². The minimum Gasteiger partial charge on any atom is -0.302 e. The molecule has 0 aliphatic heterocycles. The summed E-state index contributed by atoms with van der Waals surface area (Å²) in [4.78, 5) is 0. The third-order valence-electron chi connectivity index (χ3n) is 3.84. The lowest BCUT2D eigenvalue weighted by Crippen LogP contribution is -2.15. The number of hydrogen-bond donors (Lipinski definition) is 0. The number of rotatable bonds is 7. The fourth-order valence-corrected chi connectivity index (χ4v) is 4.08. The first-order valence-electron chi connectivity index (χ1n) is 7.67. The van der Waals surface area contributed by atoms with E-state index >= 15 is 0 Å². The second-order valence-corrected chi connectivity index (χ2v) is 7.46. The molecule has 0 spiro atoms. The molecule has 1 saturated carbocycles. The van der Waals surface area contributed by atoms with Crippen LogP contribution in [0.25, 0.3) is 0 Å². The van der Waals surface area contributed by atoms with E-state index in [2.05, 4.69) is 12.1 Å². The van der Waals surface area contributed by atoms with Crippen molar-refractivity contribution < 1.29 is 13.3 Å². The maximum absolute atomic E-state index is 13.9. The van der Waals surface area contributed by atoms with Gasteiger partial charge in [0.15, 0.2) is 0 Å². The number of unbranched alkanes of at least 4 members (excludes halogenated alkanes) is 1. The molecule has 1 atom stereocenters. The maximum Gasteiger partial charge on any atom is 0.367 e. The molecule has 0 radical (unpaired) electrons. The van der Waals surface area contributed by atoms with Crippen molar-refractivity contribution in [2.24, 2.45) is 0 Å². The van der Waals surface area contributed by atoms with Crippen molar-refractivity contribution in [3.63, 3.8) is 0 Å². The van der Waals surface area contributed by atoms with Crippen LogP contribution in [0.4, 0.5) is 4.20 Å². The van der Waals surface area contributed by atoms with Gasteiger partial charge in [0, 0.05) is 0 Å². The van der Waals surface area contributed by atoms with Crippen molar-refractivity contribution in [2.45, 2.75) is 57.5 Å². The molecular formula is C16H24FO2P. The van der Waals surface area contributed by atoms with Crippen LogP contribution in [0.3, 0.4) is 0 Å². The van der Waals surface area contributed by atoms with Gasteiger partial charge in [0.2, 0.25) is 0 Å². The number of halogens is 1. The Bertz CT molecular complexity index is 429. The standard InChI is InChI=1S/C16H24FO2P/c17-20(18,19-16-12-5-2-6-13-16)14-8-7-11-15-9-3-1-4-10-15/h1,3-4,9-10,16H,2,5-8,11-14H2/t20-/m0/s1. The highest BCUT2D eigenvalue weighted by atomic mass is 31.2. The molecule has 0 aromatic heterocycles. The van der Waals surface area contributed by atoms with Crippen LogP contribution in [0.2, 0.25) is 0 Å². The highest BCUT2D eigenvalue weighted by Crippen LogP contribution is 2.52. The summed E-state index contributed by atoms with van der Waals surface area (Å²) < 4.78 is 31.0. The van der Waals surface area contributed by atoms with E-state index in [0.717, 1.165) is 38.5 Å². The molecule has 2 nitrogen and oxygen atoms in total. The van der Waals surface area contributed by atoms with Gasteiger partial charge in [-0.25, -0.2) is 0 Å². The molecule has 4 heteroatoms. The van der Waals surface area contributed by atoms with Gasteiger partial charge in [-0.2, -0.15) is 4.20 Å². The third-order valence-corrected chi connectivity index (χ3v) is 5.31. The Morgan fingerprint density at radius 2 is 1.80 bits per heavy atom. The predicted molar refractivity (Wildman–Crippen MR) is 80.9 cm³/mol. The Kier molecular flexibility index (Phi) is 6.25. The van der Waals surface area contributed by atoms with Crippen molar-refractivity contribution >= 4 is 7.68 Å². The molecule has 0 N–H and O–H groups in total. The first kappa shape index (κ1) is 15.7. The highest BCUT2D eigenvalue weighted by molar-refractivity contribution is 7.53. The minimum absolute atomic E-state index is 0.0658. The third kappa shape index (κ3) is 5.76. The molecule has 1 aliphatic rings. The van der Waals surface area contributed by atoms with Crippen LogP contribution in [-0.2, 0) is 15.5 Å². The van der Waals surface area contributed by atoms with E-state index in [9.17, 15) is 8.76 Å². The Morgan fingerprint density at radius 1 is 1.10 bits per heavy atom. The van der Waals surface area contributed by atoms with Gasteiger partial charge >= 0.3 is 7.68 Å². The van der Waals surface area contributed by atoms with Crippen LogP contribution < -0.4 is 0 Å². The van der Waals surface area contributed by atoms with Crippen LogP contribution in [0.15, 0.2) is 30.3 Å². The molecule has 0 unspecified atom stereocenters. The van der Waals surface area contributed by atoms with Gasteiger partial charge < -0.3 is 4.52 Å². The molecule has 2 rings (SSSR count). The fraction of sp³-hybridized carbons (Fsp3) is 0.625. The SMILES string of the molecule is O=[P@@](F)(CCCCc1ccccc1)OC1CCCCC1. The van der Waals surface area contributed by atoms with Crippen molar-refractivity contribution in [1.29, 1.82) is 0 Å². The molecule has 1 fully saturated rings. The molecule has 0 saturated heterocycles. The van der Waals surface area contributed by atoms with Crippen molar-refractivity contribution in [3.8, 4) is 0 Å². The number of aryl methyl sites for hydroxylation is 1. The fourth-order valence-electron chi connectivity index (χ4n) is 2.72. The Labute approximate surface area is 121 Å². The second-order valence-electron chi connectivity index (χ2n) is 5.62. The van der Waals surface area contributed by atoms with Gasteiger partial charge in [0.1, 0.15) is 0 Å². The summed E-state index contributed by atoms with van der Waals surface area (Å²) in [7, 11) is -3.88. The largest absolute Gasteiger partial charge is 0.367 e. The average Bonchev–Trinajstić information content (AvgIpc) is 2.45. The van der Waals surface area contributed by atoms with Gasteiger partial charge in [0.25, 0.3) is 0 Å². The van der Waals surface area contributed by atoms with E-state index in [4.69, 9.17) is 4.52 Å². The zero-order chi connectivity index (χ0) is 14.3. The summed E-state index contributed by atoms with van der Waals surface area (Å²) in [6.45, 7) is 0. The zero-order valence-electron chi connectivity index (χ0n) is 12.0. The molecule has 112 valence electrons. The molecular weight excluding hydrogens is 274 g/mol. The molecule has 1 aromatic carbocycles. The molecule has 0 amide bonds. The van der Waals surface area contributed by atoms with Gasteiger partial charge in [-0.15, -0.1) is 0 Å². The molecule has 1 aromatic rings. The summed E-state index contributed by atoms with van der Waals surface area (Å²) in [5.74, 6) is 0. The normalized spacial score (nSPS) is 19.6. The Hall–Kier alpha value is -0.660. The van der Waals surface area contributed by atoms with Crippen LogP contribution in [-0.4, -0.2) is 12.3 Å². The number of hydrogen-bond acceptors (Lipinski definition) is 2. The predicted octanol–water partition coefficient (Wildman–Crippen LogP) is 5.52. The molecule has 0 heterocycles. The lowest BCUT2D eigenvalue weighted by Gasteiger charge is -2.23. The summed E-state index contributed by atoms with van der Waals surface area (Å²) in [6.07, 6.45) is 7.37. The maximum atomic E-state index is 13.9. The van der Waals surface area contributed by atoms with Crippen LogP contribution in [0.1, 0.15) is 50.5 Å². The van der Waals surface area contributed by atoms with Crippen LogP contribution in [0.5, 0.6) is 0 Å². The highest BCUT2D eigenvalue weighted by Gasteiger charge is 2.27. The summed E-state index contributed by atoms with van der Waals surface area (Å²) in [5, 5.41) is 0. The first-order chi connectivity index (χ1) is 9.66. The van der Waals surface area contributed by atoms with Crippen LogP contribution in [0, 0.1) is 0 Å². The van der Waals surface area contributed by atoms with Crippen LogP contribution >= 0.6 is 7.68 Å². The molecule has 1 aliphatic carbocycles. The Balaban J connectivity index is 1.65. The van der Waals surface area contributed by atoms with E-state index in [1.165, 1.54) is 12.0 Å².